The van der Waals surface area contributed by atoms with E-state index in [4.69, 9.17) is 9.73 Å². The molecule has 0 radical (unpaired) electrons. The zero-order chi connectivity index (χ0) is 17.2. The van der Waals surface area contributed by atoms with Gasteiger partial charge in [-0.25, -0.2) is 4.39 Å². The average molecular weight is 464 g/mol. The molecule has 142 valence electrons. The number of ether oxygens (including phenoxy) is 1. The van der Waals surface area contributed by atoms with Crippen molar-refractivity contribution in [3.05, 3.63) is 35.6 Å². The molecule has 0 amide bonds. The molecule has 0 bridgehead atoms. The number of halogens is 2. The van der Waals surface area contributed by atoms with Gasteiger partial charge in [0.25, 0.3) is 0 Å². The summed E-state index contributed by atoms with van der Waals surface area (Å²) in [7, 11) is 2.01. The van der Waals surface area contributed by atoms with Crippen molar-refractivity contribution < 1.29 is 9.13 Å². The molecule has 0 saturated carbocycles. The zero-order valence-corrected chi connectivity index (χ0v) is 17.5. The van der Waals surface area contributed by atoms with E-state index in [0.29, 0.717) is 6.54 Å². The highest BCUT2D eigenvalue weighted by Gasteiger charge is 2.10. The van der Waals surface area contributed by atoms with Crippen LogP contribution in [-0.4, -0.2) is 68.7 Å². The molecule has 0 aromatic heterocycles. The van der Waals surface area contributed by atoms with Crippen LogP contribution < -0.4 is 5.32 Å². The number of aliphatic imine (C=N–C) groups is 1. The highest BCUT2D eigenvalue weighted by atomic mass is 127. The van der Waals surface area contributed by atoms with Gasteiger partial charge in [-0.2, -0.15) is 0 Å². The molecular formula is C18H30FIN4O. The molecule has 0 spiro atoms. The fraction of sp³-hybridized carbons (Fsp3) is 0.611. The summed E-state index contributed by atoms with van der Waals surface area (Å²) in [6.07, 6.45) is 1.04. The molecule has 25 heavy (non-hydrogen) atoms. The second kappa shape index (κ2) is 12.4. The Morgan fingerprint density at radius 3 is 2.60 bits per heavy atom. The van der Waals surface area contributed by atoms with E-state index >= 15 is 0 Å². The Morgan fingerprint density at radius 2 is 1.96 bits per heavy atom. The Morgan fingerprint density at radius 1 is 1.28 bits per heavy atom. The molecule has 1 N–H and O–H groups in total. The van der Waals surface area contributed by atoms with Crippen molar-refractivity contribution in [2.75, 3.05) is 53.0 Å². The summed E-state index contributed by atoms with van der Waals surface area (Å²) in [5.41, 5.74) is 1.07. The number of benzene rings is 1. The SMILES string of the molecule is CCNC(=NCCCN1CCOCC1)N(C)Cc1ccc(F)cc1.I. The van der Waals surface area contributed by atoms with E-state index in [9.17, 15) is 4.39 Å². The van der Waals surface area contributed by atoms with Crippen LogP contribution in [0.5, 0.6) is 0 Å². The van der Waals surface area contributed by atoms with Gasteiger partial charge >= 0.3 is 0 Å². The van der Waals surface area contributed by atoms with E-state index in [1.54, 1.807) is 0 Å². The van der Waals surface area contributed by atoms with Crippen LogP contribution in [0.25, 0.3) is 0 Å². The van der Waals surface area contributed by atoms with Crippen molar-refractivity contribution in [3.8, 4) is 0 Å². The summed E-state index contributed by atoms with van der Waals surface area (Å²) < 4.78 is 18.4. The molecule has 0 atom stereocenters. The summed E-state index contributed by atoms with van der Waals surface area (Å²) >= 11 is 0. The topological polar surface area (TPSA) is 40.1 Å². The maximum absolute atomic E-state index is 13.0. The maximum atomic E-state index is 13.0. The Labute approximate surface area is 167 Å². The molecule has 1 aromatic rings. The first-order chi connectivity index (χ1) is 11.7. The Kier molecular flexibility index (Phi) is 11.0. The third-order valence-electron chi connectivity index (χ3n) is 4.03. The molecule has 1 aliphatic rings. The van der Waals surface area contributed by atoms with Crippen LogP contribution >= 0.6 is 24.0 Å². The van der Waals surface area contributed by atoms with E-state index in [1.165, 1.54) is 12.1 Å². The standard InChI is InChI=1S/C18H29FN4O.HI/c1-3-20-18(21-9-4-10-23-11-13-24-14-12-23)22(2)15-16-5-7-17(19)8-6-16;/h5-8H,3-4,9-15H2,1-2H3,(H,20,21);1H. The predicted octanol–water partition coefficient (Wildman–Crippen LogP) is 2.56. The minimum atomic E-state index is -0.204. The highest BCUT2D eigenvalue weighted by molar-refractivity contribution is 14.0. The Balaban J connectivity index is 0.00000312. The van der Waals surface area contributed by atoms with Gasteiger partial charge in [-0.05, 0) is 31.0 Å². The molecule has 0 aliphatic carbocycles. The van der Waals surface area contributed by atoms with Gasteiger partial charge in [-0.15, -0.1) is 24.0 Å². The monoisotopic (exact) mass is 464 g/mol. The summed E-state index contributed by atoms with van der Waals surface area (Å²) in [5.74, 6) is 0.689. The molecule has 7 heteroatoms. The fourth-order valence-electron chi connectivity index (χ4n) is 2.71. The molecule has 1 fully saturated rings. The molecule has 1 heterocycles. The third-order valence-corrected chi connectivity index (χ3v) is 4.03. The molecule has 1 saturated heterocycles. The minimum absolute atomic E-state index is 0. The first-order valence-corrected chi connectivity index (χ1v) is 8.73. The quantitative estimate of drug-likeness (QED) is 0.292. The summed E-state index contributed by atoms with van der Waals surface area (Å²) in [5, 5.41) is 3.32. The minimum Gasteiger partial charge on any atom is -0.379 e. The van der Waals surface area contributed by atoms with Crippen LogP contribution in [0.4, 0.5) is 4.39 Å². The van der Waals surface area contributed by atoms with Crippen LogP contribution in [0.15, 0.2) is 29.3 Å². The lowest BCUT2D eigenvalue weighted by Crippen LogP contribution is -2.39. The van der Waals surface area contributed by atoms with E-state index in [-0.39, 0.29) is 29.8 Å². The van der Waals surface area contributed by atoms with Gasteiger partial charge in [0.1, 0.15) is 5.82 Å². The fourth-order valence-corrected chi connectivity index (χ4v) is 2.71. The van der Waals surface area contributed by atoms with Gasteiger partial charge in [0.2, 0.25) is 0 Å². The molecular weight excluding hydrogens is 434 g/mol. The van der Waals surface area contributed by atoms with Crippen molar-refractivity contribution in [2.45, 2.75) is 19.9 Å². The van der Waals surface area contributed by atoms with Crippen LogP contribution in [-0.2, 0) is 11.3 Å². The molecule has 0 unspecified atom stereocenters. The van der Waals surface area contributed by atoms with Gasteiger partial charge in [-0.1, -0.05) is 12.1 Å². The maximum Gasteiger partial charge on any atom is 0.193 e. The first-order valence-electron chi connectivity index (χ1n) is 8.73. The van der Waals surface area contributed by atoms with Crippen molar-refractivity contribution >= 4 is 29.9 Å². The van der Waals surface area contributed by atoms with Crippen LogP contribution in [0.2, 0.25) is 0 Å². The molecule has 5 nitrogen and oxygen atoms in total. The van der Waals surface area contributed by atoms with Gasteiger partial charge < -0.3 is 15.0 Å². The number of morpholine rings is 1. The number of nitrogens with zero attached hydrogens (tertiary/aromatic N) is 3. The lowest BCUT2D eigenvalue weighted by Gasteiger charge is -2.26. The van der Waals surface area contributed by atoms with Crippen LogP contribution in [0.1, 0.15) is 18.9 Å². The smallest absolute Gasteiger partial charge is 0.193 e. The van der Waals surface area contributed by atoms with Gasteiger partial charge in [0.05, 0.1) is 13.2 Å². The second-order valence-electron chi connectivity index (χ2n) is 6.03. The Bertz CT molecular complexity index is 506. The van der Waals surface area contributed by atoms with Crippen molar-refractivity contribution in [3.63, 3.8) is 0 Å². The third kappa shape index (κ3) is 8.33. The van der Waals surface area contributed by atoms with Crippen LogP contribution in [0.3, 0.4) is 0 Å². The predicted molar refractivity (Wildman–Crippen MR) is 111 cm³/mol. The normalized spacial score (nSPS) is 15.6. The van der Waals surface area contributed by atoms with Gasteiger partial charge in [0, 0.05) is 46.3 Å². The summed E-state index contributed by atoms with van der Waals surface area (Å²) in [4.78, 5) is 9.21. The van der Waals surface area contributed by atoms with Crippen molar-refractivity contribution in [1.82, 2.24) is 15.1 Å². The molecule has 1 aromatic carbocycles. The number of rotatable bonds is 7. The van der Waals surface area contributed by atoms with Crippen molar-refractivity contribution in [2.24, 2.45) is 4.99 Å². The number of guanidine groups is 1. The molecule has 1 aliphatic heterocycles. The van der Waals surface area contributed by atoms with Gasteiger partial charge in [-0.3, -0.25) is 9.89 Å². The highest BCUT2D eigenvalue weighted by Crippen LogP contribution is 2.06. The largest absolute Gasteiger partial charge is 0.379 e. The average Bonchev–Trinajstić information content (AvgIpc) is 2.60. The van der Waals surface area contributed by atoms with E-state index in [1.807, 2.05) is 19.2 Å². The number of nitrogens with one attached hydrogen (secondary N) is 1. The molecule has 2 rings (SSSR count). The zero-order valence-electron chi connectivity index (χ0n) is 15.2. The Hall–Kier alpha value is -0.930. The van der Waals surface area contributed by atoms with E-state index in [2.05, 4.69) is 22.0 Å². The number of hydrogen-bond donors (Lipinski definition) is 1. The van der Waals surface area contributed by atoms with Gasteiger partial charge in [0.15, 0.2) is 5.96 Å². The lowest BCUT2D eigenvalue weighted by molar-refractivity contribution is 0.0377. The summed E-state index contributed by atoms with van der Waals surface area (Å²) in [6.45, 7) is 9.18. The van der Waals surface area contributed by atoms with Crippen molar-refractivity contribution in [1.29, 1.82) is 0 Å². The van der Waals surface area contributed by atoms with E-state index in [0.717, 1.165) is 63.9 Å². The second-order valence-corrected chi connectivity index (χ2v) is 6.03. The van der Waals surface area contributed by atoms with Crippen LogP contribution in [0, 0.1) is 5.82 Å². The number of hydrogen-bond acceptors (Lipinski definition) is 3. The van der Waals surface area contributed by atoms with E-state index < -0.39 is 0 Å². The first kappa shape index (κ1) is 22.1. The lowest BCUT2D eigenvalue weighted by atomic mass is 10.2. The summed E-state index contributed by atoms with van der Waals surface area (Å²) in [6, 6.07) is 6.62.